The van der Waals surface area contributed by atoms with E-state index in [9.17, 15) is 14.4 Å². The van der Waals surface area contributed by atoms with Gasteiger partial charge in [0.25, 0.3) is 5.91 Å². The molecule has 1 amide bonds. The molecule has 3 rings (SSSR count). The van der Waals surface area contributed by atoms with E-state index in [2.05, 4.69) is 10.5 Å². The summed E-state index contributed by atoms with van der Waals surface area (Å²) in [6.07, 6.45) is 1.16. The summed E-state index contributed by atoms with van der Waals surface area (Å²) < 4.78 is 10.1. The van der Waals surface area contributed by atoms with Gasteiger partial charge < -0.3 is 9.47 Å². The molecule has 0 fully saturated rings. The van der Waals surface area contributed by atoms with E-state index in [1.54, 1.807) is 24.3 Å². The number of nitrogens with one attached hydrogen (secondary N) is 1. The summed E-state index contributed by atoms with van der Waals surface area (Å²) >= 11 is 0. The molecule has 0 aromatic heterocycles. The fraction of sp³-hybridized carbons (Fsp3) is 0.226. The highest BCUT2D eigenvalue weighted by Crippen LogP contribution is 2.47. The lowest BCUT2D eigenvalue weighted by Crippen LogP contribution is -2.41. The Balaban J connectivity index is 2.33. The van der Waals surface area contributed by atoms with Gasteiger partial charge in [-0.05, 0) is 30.7 Å². The van der Waals surface area contributed by atoms with Gasteiger partial charge in [-0.2, -0.15) is 5.10 Å². The summed E-state index contributed by atoms with van der Waals surface area (Å²) in [7, 11) is 1.14. The highest BCUT2D eigenvalue weighted by atomic mass is 31.1. The molecule has 1 N–H and O–H groups in total. The van der Waals surface area contributed by atoms with Gasteiger partial charge in [-0.15, -0.1) is 0 Å². The van der Waals surface area contributed by atoms with Crippen LogP contribution in [0.3, 0.4) is 0 Å². The van der Waals surface area contributed by atoms with Crippen molar-refractivity contribution in [2.75, 3.05) is 14.2 Å². The van der Waals surface area contributed by atoms with Crippen LogP contribution >= 0.6 is 7.92 Å². The van der Waals surface area contributed by atoms with Gasteiger partial charge >= 0.3 is 11.9 Å². The maximum atomic E-state index is 13.3. The van der Waals surface area contributed by atoms with Gasteiger partial charge in [0.2, 0.25) is 0 Å². The third-order valence-electron chi connectivity index (χ3n) is 5.86. The molecule has 7 nitrogen and oxygen atoms in total. The third kappa shape index (κ3) is 7.71. The number of benzene rings is 3. The van der Waals surface area contributed by atoms with Gasteiger partial charge in [0, 0.05) is 17.1 Å². The Morgan fingerprint density at radius 3 is 1.72 bits per heavy atom. The standard InChI is InChI=1S/C31H33N2O5P/c1-31(2,3)28(32-33-29(35)22-15-9-6-10-16-22)27(25(30(36)38-5)21-26(34)37-4)39(23-17-11-7-12-18-23)24-19-13-8-14-20-24/h6-21,27H,1-5H3,(H,33,35)/b25-21-,32-28+. The van der Waals surface area contributed by atoms with Crippen molar-refractivity contribution in [2.24, 2.45) is 10.5 Å². The molecule has 0 saturated carbocycles. The zero-order chi connectivity index (χ0) is 28.4. The van der Waals surface area contributed by atoms with Crippen molar-refractivity contribution in [1.82, 2.24) is 5.43 Å². The number of rotatable bonds is 9. The SMILES string of the molecule is COC(=O)/C=C(\C(=O)OC)C(/C(=N\NC(=O)c1ccccc1)C(C)(C)C)P(c1ccccc1)c1ccccc1. The second-order valence-corrected chi connectivity index (χ2v) is 11.9. The van der Waals surface area contributed by atoms with E-state index in [4.69, 9.17) is 9.47 Å². The molecule has 0 spiro atoms. The minimum atomic E-state index is -1.38. The summed E-state index contributed by atoms with van der Waals surface area (Å²) in [5, 5.41) is 6.55. The molecule has 0 aliphatic heterocycles. The van der Waals surface area contributed by atoms with Crippen molar-refractivity contribution in [2.45, 2.75) is 26.4 Å². The van der Waals surface area contributed by atoms with Gasteiger partial charge in [0.1, 0.15) is 0 Å². The maximum Gasteiger partial charge on any atom is 0.335 e. The van der Waals surface area contributed by atoms with Gasteiger partial charge in [0.05, 0.1) is 31.2 Å². The molecule has 0 aliphatic carbocycles. The Kier molecular flexibility index (Phi) is 10.3. The first kappa shape index (κ1) is 29.5. The Morgan fingerprint density at radius 2 is 1.28 bits per heavy atom. The zero-order valence-electron chi connectivity index (χ0n) is 22.8. The van der Waals surface area contributed by atoms with Crippen LogP contribution in [0.15, 0.2) is 108 Å². The third-order valence-corrected chi connectivity index (χ3v) is 8.61. The molecule has 3 aromatic rings. The number of nitrogens with zero attached hydrogens (tertiary/aromatic N) is 1. The summed E-state index contributed by atoms with van der Waals surface area (Å²) in [4.78, 5) is 38.9. The Morgan fingerprint density at radius 1 is 0.795 bits per heavy atom. The van der Waals surface area contributed by atoms with Crippen LogP contribution < -0.4 is 16.0 Å². The quantitative estimate of drug-likeness (QED) is 0.140. The molecule has 3 aromatic carbocycles. The van der Waals surface area contributed by atoms with Crippen molar-refractivity contribution >= 4 is 42.1 Å². The van der Waals surface area contributed by atoms with E-state index in [1.165, 1.54) is 14.2 Å². The fourth-order valence-corrected chi connectivity index (χ4v) is 7.02. The van der Waals surface area contributed by atoms with Gasteiger partial charge in [-0.1, -0.05) is 99.6 Å². The van der Waals surface area contributed by atoms with Crippen LogP contribution in [-0.2, 0) is 19.1 Å². The van der Waals surface area contributed by atoms with Crippen LogP contribution in [0.4, 0.5) is 0 Å². The fourth-order valence-electron chi connectivity index (χ4n) is 3.99. The molecule has 1 unspecified atom stereocenters. The van der Waals surface area contributed by atoms with E-state index >= 15 is 0 Å². The smallest absolute Gasteiger partial charge is 0.335 e. The number of methoxy groups -OCH3 is 2. The van der Waals surface area contributed by atoms with Crippen LogP contribution in [0.5, 0.6) is 0 Å². The van der Waals surface area contributed by atoms with Crippen LogP contribution in [0, 0.1) is 5.41 Å². The number of carbonyl (C=O) groups excluding carboxylic acids is 3. The first-order valence-electron chi connectivity index (χ1n) is 12.4. The summed E-state index contributed by atoms with van der Waals surface area (Å²) in [5.74, 6) is -1.77. The monoisotopic (exact) mass is 544 g/mol. The second kappa shape index (κ2) is 13.6. The highest BCUT2D eigenvalue weighted by molar-refractivity contribution is 7.74. The lowest BCUT2D eigenvalue weighted by molar-refractivity contribution is -0.138. The van der Waals surface area contributed by atoms with Crippen molar-refractivity contribution in [1.29, 1.82) is 0 Å². The number of esters is 2. The molecule has 0 aliphatic rings. The molecule has 0 heterocycles. The normalized spacial score (nSPS) is 13.0. The molecule has 202 valence electrons. The molecule has 0 saturated heterocycles. The van der Waals surface area contributed by atoms with Gasteiger partial charge in [-0.3, -0.25) is 4.79 Å². The topological polar surface area (TPSA) is 94.1 Å². The van der Waals surface area contributed by atoms with E-state index in [-0.39, 0.29) is 5.57 Å². The second-order valence-electron chi connectivity index (χ2n) is 9.61. The predicted octanol–water partition coefficient (Wildman–Crippen LogP) is 4.59. The Bertz CT molecular complexity index is 1290. The zero-order valence-corrected chi connectivity index (χ0v) is 23.6. The van der Waals surface area contributed by atoms with Gasteiger partial charge in [-0.25, -0.2) is 15.0 Å². The van der Waals surface area contributed by atoms with E-state index in [1.807, 2.05) is 87.5 Å². The summed E-state index contributed by atoms with van der Waals surface area (Å²) in [5.41, 5.74) is 2.34. The Hall–Kier alpha value is -4.09. The largest absolute Gasteiger partial charge is 0.466 e. The lowest BCUT2D eigenvalue weighted by Gasteiger charge is -2.35. The van der Waals surface area contributed by atoms with Crippen molar-refractivity contribution in [3.63, 3.8) is 0 Å². The van der Waals surface area contributed by atoms with Crippen LogP contribution in [0.2, 0.25) is 0 Å². The van der Waals surface area contributed by atoms with Crippen LogP contribution in [0.25, 0.3) is 0 Å². The molecule has 8 heteroatoms. The van der Waals surface area contributed by atoms with Crippen molar-refractivity contribution < 1.29 is 23.9 Å². The minimum absolute atomic E-state index is 0.0887. The molecule has 0 radical (unpaired) electrons. The van der Waals surface area contributed by atoms with E-state index < -0.39 is 36.8 Å². The first-order valence-corrected chi connectivity index (χ1v) is 13.8. The number of amides is 1. The van der Waals surface area contributed by atoms with E-state index in [0.717, 1.165) is 16.7 Å². The summed E-state index contributed by atoms with van der Waals surface area (Å²) in [6, 6.07) is 28.2. The van der Waals surface area contributed by atoms with Gasteiger partial charge in [0.15, 0.2) is 0 Å². The number of ether oxygens (including phenoxy) is 2. The minimum Gasteiger partial charge on any atom is -0.466 e. The Labute approximate surface area is 230 Å². The first-order chi connectivity index (χ1) is 18.7. The van der Waals surface area contributed by atoms with Crippen LogP contribution in [-0.4, -0.2) is 43.4 Å². The average Bonchev–Trinajstić information content (AvgIpc) is 2.95. The average molecular weight is 545 g/mol. The molecule has 1 atom stereocenters. The maximum absolute atomic E-state index is 13.3. The van der Waals surface area contributed by atoms with Crippen LogP contribution in [0.1, 0.15) is 31.1 Å². The number of hydrazone groups is 1. The molecule has 39 heavy (non-hydrogen) atoms. The van der Waals surface area contributed by atoms with Crippen molar-refractivity contribution in [3.8, 4) is 0 Å². The molecule has 0 bridgehead atoms. The summed E-state index contributed by atoms with van der Waals surface area (Å²) in [6.45, 7) is 5.85. The molecular formula is C31H33N2O5P. The number of hydrogen-bond acceptors (Lipinski definition) is 6. The van der Waals surface area contributed by atoms with Crippen molar-refractivity contribution in [3.05, 3.63) is 108 Å². The lowest BCUT2D eigenvalue weighted by atomic mass is 9.85. The molecular weight excluding hydrogens is 511 g/mol. The number of carbonyl (C=O) groups is 3. The highest BCUT2D eigenvalue weighted by Gasteiger charge is 2.41. The predicted molar refractivity (Wildman–Crippen MR) is 156 cm³/mol. The van der Waals surface area contributed by atoms with E-state index in [0.29, 0.717) is 11.3 Å². The number of hydrogen-bond donors (Lipinski definition) is 1.